The third kappa shape index (κ3) is 4.11. The van der Waals surface area contributed by atoms with Crippen molar-refractivity contribution < 1.29 is 19.4 Å². The molecule has 1 heterocycles. The van der Waals surface area contributed by atoms with Crippen LogP contribution in [-0.2, 0) is 20.7 Å². The number of aliphatic carboxylic acids is 1. The second-order valence-electron chi connectivity index (χ2n) is 4.23. The van der Waals surface area contributed by atoms with Gasteiger partial charge in [-0.05, 0) is 5.56 Å². The Morgan fingerprint density at radius 1 is 1.38 bits per heavy atom. The van der Waals surface area contributed by atoms with E-state index < -0.39 is 12.1 Å². The van der Waals surface area contributed by atoms with Crippen LogP contribution in [0.4, 0.5) is 5.13 Å². The molecular weight excluding hydrogens is 292 g/mol. The van der Waals surface area contributed by atoms with Crippen molar-refractivity contribution in [1.82, 2.24) is 4.98 Å². The Labute approximate surface area is 125 Å². The molecule has 1 atom stereocenters. The minimum Gasteiger partial charge on any atom is -0.481 e. The number of carboxylic acid groups (broad SMARTS) is 1. The monoisotopic (exact) mass is 306 g/mol. The number of benzene rings is 1. The zero-order valence-electron chi connectivity index (χ0n) is 11.3. The number of methoxy groups -OCH3 is 1. The normalized spacial score (nSPS) is 11.9. The summed E-state index contributed by atoms with van der Waals surface area (Å²) in [5.41, 5.74) is 1.15. The molecule has 2 N–H and O–H groups in total. The maximum absolute atomic E-state index is 12.2. The highest BCUT2D eigenvalue weighted by atomic mass is 32.1. The standard InChI is InChI=1S/C14H14N2O4S/c1-20-12(9-5-3-2-4-6-9)13(19)16-14-15-10(8-21-14)7-11(17)18/h2-6,8,12H,7H2,1H3,(H,17,18)(H,15,16,19). The third-order valence-electron chi connectivity index (χ3n) is 2.69. The average Bonchev–Trinajstić information content (AvgIpc) is 2.87. The van der Waals surface area contributed by atoms with Crippen LogP contribution < -0.4 is 5.32 Å². The van der Waals surface area contributed by atoms with Crippen LogP contribution in [-0.4, -0.2) is 29.1 Å². The smallest absolute Gasteiger partial charge is 0.309 e. The predicted octanol–water partition coefficient (Wildman–Crippen LogP) is 2.10. The minimum atomic E-state index is -0.961. The molecule has 21 heavy (non-hydrogen) atoms. The average molecular weight is 306 g/mol. The van der Waals surface area contributed by atoms with E-state index in [0.717, 1.165) is 5.56 Å². The van der Waals surface area contributed by atoms with Crippen molar-refractivity contribution in [3.05, 3.63) is 47.0 Å². The Morgan fingerprint density at radius 3 is 2.71 bits per heavy atom. The molecule has 7 heteroatoms. The Balaban J connectivity index is 2.06. The van der Waals surface area contributed by atoms with Gasteiger partial charge in [0.1, 0.15) is 0 Å². The number of thiazole rings is 1. The molecule has 0 spiro atoms. The molecule has 1 unspecified atom stereocenters. The van der Waals surface area contributed by atoms with Gasteiger partial charge in [-0.2, -0.15) is 0 Å². The summed E-state index contributed by atoms with van der Waals surface area (Å²) in [6.45, 7) is 0. The first-order valence-corrected chi connectivity index (χ1v) is 7.03. The first-order valence-electron chi connectivity index (χ1n) is 6.15. The van der Waals surface area contributed by atoms with E-state index in [-0.39, 0.29) is 12.3 Å². The number of aromatic nitrogens is 1. The van der Waals surface area contributed by atoms with Gasteiger partial charge < -0.3 is 9.84 Å². The number of nitrogens with zero attached hydrogens (tertiary/aromatic N) is 1. The van der Waals surface area contributed by atoms with E-state index >= 15 is 0 Å². The molecule has 0 aliphatic rings. The van der Waals surface area contributed by atoms with Crippen molar-refractivity contribution in [2.75, 3.05) is 12.4 Å². The van der Waals surface area contributed by atoms with Crippen molar-refractivity contribution >= 4 is 28.3 Å². The van der Waals surface area contributed by atoms with Gasteiger partial charge in [0, 0.05) is 12.5 Å². The lowest BCUT2D eigenvalue weighted by Gasteiger charge is -2.14. The second kappa shape index (κ2) is 6.96. The summed E-state index contributed by atoms with van der Waals surface area (Å²) >= 11 is 1.18. The fraction of sp³-hybridized carbons (Fsp3) is 0.214. The number of hydrogen-bond acceptors (Lipinski definition) is 5. The van der Waals surface area contributed by atoms with E-state index in [9.17, 15) is 9.59 Å². The van der Waals surface area contributed by atoms with Crippen LogP contribution in [0.15, 0.2) is 35.7 Å². The van der Waals surface area contributed by atoms with E-state index in [2.05, 4.69) is 10.3 Å². The molecule has 1 amide bonds. The molecule has 6 nitrogen and oxygen atoms in total. The zero-order valence-corrected chi connectivity index (χ0v) is 12.1. The first kappa shape index (κ1) is 15.1. The van der Waals surface area contributed by atoms with Gasteiger partial charge in [-0.1, -0.05) is 30.3 Å². The van der Waals surface area contributed by atoms with Crippen LogP contribution in [0, 0.1) is 0 Å². The Kier molecular flexibility index (Phi) is 5.02. The Bertz CT molecular complexity index is 627. The van der Waals surface area contributed by atoms with Crippen LogP contribution in [0.1, 0.15) is 17.4 Å². The summed E-state index contributed by atoms with van der Waals surface area (Å²) < 4.78 is 5.21. The summed E-state index contributed by atoms with van der Waals surface area (Å²) in [4.78, 5) is 26.8. The number of hydrogen-bond donors (Lipinski definition) is 2. The van der Waals surface area contributed by atoms with Crippen LogP contribution in [0.25, 0.3) is 0 Å². The topological polar surface area (TPSA) is 88.5 Å². The predicted molar refractivity (Wildman–Crippen MR) is 78.3 cm³/mol. The number of carboxylic acids is 1. The largest absolute Gasteiger partial charge is 0.481 e. The van der Waals surface area contributed by atoms with E-state index in [4.69, 9.17) is 9.84 Å². The van der Waals surface area contributed by atoms with Gasteiger partial charge in [-0.3, -0.25) is 14.9 Å². The van der Waals surface area contributed by atoms with Crippen molar-refractivity contribution in [1.29, 1.82) is 0 Å². The summed E-state index contributed by atoms with van der Waals surface area (Å²) in [5, 5.41) is 13.3. The molecule has 0 aliphatic heterocycles. The lowest BCUT2D eigenvalue weighted by molar-refractivity contribution is -0.136. The lowest BCUT2D eigenvalue weighted by Crippen LogP contribution is -2.22. The highest BCUT2D eigenvalue weighted by Gasteiger charge is 2.21. The molecule has 2 aromatic rings. The molecule has 0 radical (unpaired) electrons. The Hall–Kier alpha value is -2.25. The Morgan fingerprint density at radius 2 is 2.10 bits per heavy atom. The number of amides is 1. The summed E-state index contributed by atoms with van der Waals surface area (Å²) in [5.74, 6) is -1.31. The molecule has 0 fully saturated rings. The van der Waals surface area contributed by atoms with Gasteiger partial charge in [0.2, 0.25) is 0 Å². The van der Waals surface area contributed by atoms with E-state index in [1.165, 1.54) is 18.4 Å². The van der Waals surface area contributed by atoms with Crippen LogP contribution in [0.2, 0.25) is 0 Å². The fourth-order valence-corrected chi connectivity index (χ4v) is 2.51. The van der Waals surface area contributed by atoms with Gasteiger partial charge in [-0.15, -0.1) is 11.3 Å². The molecule has 2 rings (SSSR count). The highest BCUT2D eigenvalue weighted by Crippen LogP contribution is 2.21. The number of carbonyl (C=O) groups is 2. The summed E-state index contributed by atoms with van der Waals surface area (Å²) in [7, 11) is 1.45. The molecular formula is C14H14N2O4S. The number of rotatable bonds is 6. The van der Waals surface area contributed by atoms with E-state index in [1.807, 2.05) is 18.2 Å². The summed E-state index contributed by atoms with van der Waals surface area (Å²) in [6, 6.07) is 9.09. The number of ether oxygens (including phenoxy) is 1. The highest BCUT2D eigenvalue weighted by molar-refractivity contribution is 7.13. The summed E-state index contributed by atoms with van der Waals surface area (Å²) in [6.07, 6.45) is -0.906. The maximum Gasteiger partial charge on any atom is 0.309 e. The number of anilines is 1. The lowest BCUT2D eigenvalue weighted by atomic mass is 10.1. The van der Waals surface area contributed by atoms with Gasteiger partial charge in [0.15, 0.2) is 11.2 Å². The number of carbonyl (C=O) groups excluding carboxylic acids is 1. The molecule has 0 aliphatic carbocycles. The van der Waals surface area contributed by atoms with Crippen molar-refractivity contribution in [2.24, 2.45) is 0 Å². The molecule has 1 aromatic carbocycles. The minimum absolute atomic E-state index is 0.168. The van der Waals surface area contributed by atoms with Crippen molar-refractivity contribution in [3.63, 3.8) is 0 Å². The van der Waals surface area contributed by atoms with Crippen molar-refractivity contribution in [3.8, 4) is 0 Å². The quantitative estimate of drug-likeness (QED) is 0.853. The molecule has 110 valence electrons. The van der Waals surface area contributed by atoms with E-state index in [1.54, 1.807) is 17.5 Å². The zero-order chi connectivity index (χ0) is 15.2. The second-order valence-corrected chi connectivity index (χ2v) is 5.09. The van der Waals surface area contributed by atoms with Gasteiger partial charge in [0.05, 0.1) is 12.1 Å². The SMILES string of the molecule is COC(C(=O)Nc1nc(CC(=O)O)cs1)c1ccccc1. The molecule has 1 aromatic heterocycles. The fourth-order valence-electron chi connectivity index (χ4n) is 1.79. The van der Waals surface area contributed by atoms with Gasteiger partial charge in [0.25, 0.3) is 5.91 Å². The van der Waals surface area contributed by atoms with Crippen LogP contribution in [0.5, 0.6) is 0 Å². The van der Waals surface area contributed by atoms with Gasteiger partial charge >= 0.3 is 5.97 Å². The molecule has 0 saturated carbocycles. The molecule has 0 bridgehead atoms. The maximum atomic E-state index is 12.2. The molecule has 0 saturated heterocycles. The number of nitrogens with one attached hydrogen (secondary N) is 1. The van der Waals surface area contributed by atoms with E-state index in [0.29, 0.717) is 10.8 Å². The third-order valence-corrected chi connectivity index (χ3v) is 3.50. The first-order chi connectivity index (χ1) is 10.1. The van der Waals surface area contributed by atoms with Crippen molar-refractivity contribution in [2.45, 2.75) is 12.5 Å². The van der Waals surface area contributed by atoms with Crippen LogP contribution in [0.3, 0.4) is 0 Å². The van der Waals surface area contributed by atoms with Crippen LogP contribution >= 0.6 is 11.3 Å². The van der Waals surface area contributed by atoms with Gasteiger partial charge in [-0.25, -0.2) is 4.98 Å².